The highest BCUT2D eigenvalue weighted by atomic mass is 19.3. The fourth-order valence-corrected chi connectivity index (χ4v) is 4.36. The summed E-state index contributed by atoms with van der Waals surface area (Å²) in [5, 5.41) is 0. The number of hydrogen-bond donors (Lipinski definition) is 0. The maximum absolute atomic E-state index is 13.8. The number of imidazole rings is 1. The topological polar surface area (TPSA) is 61.9 Å². The van der Waals surface area contributed by atoms with E-state index in [1.54, 1.807) is 23.0 Å². The van der Waals surface area contributed by atoms with Crippen LogP contribution in [0.1, 0.15) is 24.3 Å². The van der Waals surface area contributed by atoms with Gasteiger partial charge in [-0.15, -0.1) is 0 Å². The molecule has 1 saturated carbocycles. The molecule has 0 saturated heterocycles. The summed E-state index contributed by atoms with van der Waals surface area (Å²) in [4.78, 5) is 22.9. The van der Waals surface area contributed by atoms with Crippen molar-refractivity contribution in [3.05, 3.63) is 82.9 Å². The van der Waals surface area contributed by atoms with Gasteiger partial charge in [-0.1, -0.05) is 12.1 Å². The van der Waals surface area contributed by atoms with Crippen LogP contribution in [-0.2, 0) is 7.05 Å². The first-order valence-corrected chi connectivity index (χ1v) is 11.0. The summed E-state index contributed by atoms with van der Waals surface area (Å²) in [5.41, 5.74) is 5.50. The fourth-order valence-electron chi connectivity index (χ4n) is 4.36. The van der Waals surface area contributed by atoms with Gasteiger partial charge in [-0.3, -0.25) is 9.36 Å². The van der Waals surface area contributed by atoms with Crippen LogP contribution in [-0.4, -0.2) is 25.7 Å². The number of hydrogen-bond acceptors (Lipinski definition) is 4. The average molecular weight is 458 g/mol. The summed E-state index contributed by atoms with van der Waals surface area (Å²) in [6.45, 7) is -2.91. The molecule has 2 aromatic heterocycles. The van der Waals surface area contributed by atoms with Crippen molar-refractivity contribution in [2.24, 2.45) is 7.05 Å². The van der Waals surface area contributed by atoms with E-state index in [0.717, 1.165) is 23.9 Å². The van der Waals surface area contributed by atoms with Gasteiger partial charge in [0.2, 0.25) is 0 Å². The van der Waals surface area contributed by atoms with Gasteiger partial charge in [-0.2, -0.15) is 8.78 Å². The molecule has 0 amide bonds. The van der Waals surface area contributed by atoms with Gasteiger partial charge < -0.3 is 9.30 Å². The van der Waals surface area contributed by atoms with Crippen molar-refractivity contribution in [3.63, 3.8) is 0 Å². The van der Waals surface area contributed by atoms with E-state index in [-0.39, 0.29) is 11.3 Å². The Morgan fingerprint density at radius 2 is 1.74 bits per heavy atom. The van der Waals surface area contributed by atoms with Crippen LogP contribution >= 0.6 is 0 Å². The molecular formula is C26H20F2N4O2. The van der Waals surface area contributed by atoms with Crippen LogP contribution < -0.4 is 10.3 Å². The van der Waals surface area contributed by atoms with Crippen LogP contribution in [0.25, 0.3) is 39.0 Å². The van der Waals surface area contributed by atoms with Crippen molar-refractivity contribution < 1.29 is 13.5 Å². The van der Waals surface area contributed by atoms with E-state index < -0.39 is 6.61 Å². The van der Waals surface area contributed by atoms with E-state index >= 15 is 0 Å². The van der Waals surface area contributed by atoms with Crippen LogP contribution in [0.2, 0.25) is 0 Å². The molecule has 3 aromatic carbocycles. The second kappa shape index (κ2) is 7.76. The lowest BCUT2D eigenvalue weighted by Gasteiger charge is -2.14. The Labute approximate surface area is 193 Å². The summed E-state index contributed by atoms with van der Waals surface area (Å²) < 4.78 is 33.2. The molecular weight excluding hydrogens is 438 g/mol. The molecule has 6 rings (SSSR count). The monoisotopic (exact) mass is 458 g/mol. The highest BCUT2D eigenvalue weighted by Crippen LogP contribution is 2.41. The number of benzene rings is 3. The standard InChI is InChI=1S/C26H20F2N4O2/c1-31-14-29-20-10-5-17(13-22(20)31)24-25(33)32(18-6-8-19(9-7-18)34-26(27)28)23-12-16(15-2-3-15)4-11-21(23)30-24/h4-15,26H,2-3H2,1H3. The van der Waals surface area contributed by atoms with E-state index in [4.69, 9.17) is 4.98 Å². The van der Waals surface area contributed by atoms with Gasteiger partial charge in [0.15, 0.2) is 0 Å². The Balaban J connectivity index is 1.58. The van der Waals surface area contributed by atoms with E-state index in [1.165, 1.54) is 17.7 Å². The Morgan fingerprint density at radius 1 is 0.971 bits per heavy atom. The molecule has 1 fully saturated rings. The minimum atomic E-state index is -2.91. The van der Waals surface area contributed by atoms with E-state index in [9.17, 15) is 13.6 Å². The summed E-state index contributed by atoms with van der Waals surface area (Å²) in [7, 11) is 1.90. The van der Waals surface area contributed by atoms with Crippen molar-refractivity contribution in [2.75, 3.05) is 0 Å². The Morgan fingerprint density at radius 3 is 2.47 bits per heavy atom. The molecule has 0 N–H and O–H groups in total. The van der Waals surface area contributed by atoms with Gasteiger partial charge in [0, 0.05) is 18.3 Å². The first kappa shape index (κ1) is 20.5. The first-order chi connectivity index (χ1) is 16.5. The normalized spacial score (nSPS) is 13.8. The van der Waals surface area contributed by atoms with E-state index in [0.29, 0.717) is 33.9 Å². The van der Waals surface area contributed by atoms with Crippen LogP contribution in [0, 0.1) is 0 Å². The van der Waals surface area contributed by atoms with Gasteiger partial charge in [-0.05, 0) is 72.9 Å². The van der Waals surface area contributed by atoms with Crippen LogP contribution in [0.3, 0.4) is 0 Å². The molecule has 0 unspecified atom stereocenters. The van der Waals surface area contributed by atoms with Crippen LogP contribution in [0.5, 0.6) is 5.75 Å². The van der Waals surface area contributed by atoms with Gasteiger partial charge >= 0.3 is 6.61 Å². The SMILES string of the molecule is Cn1cnc2ccc(-c3nc4ccc(C5CC5)cc4n(-c4ccc(OC(F)F)cc4)c3=O)cc21. The quantitative estimate of drug-likeness (QED) is 0.353. The minimum Gasteiger partial charge on any atom is -0.435 e. The van der Waals surface area contributed by atoms with Crippen molar-refractivity contribution in [2.45, 2.75) is 25.4 Å². The maximum Gasteiger partial charge on any atom is 0.387 e. The third kappa shape index (κ3) is 3.51. The molecule has 5 aromatic rings. The predicted molar refractivity (Wildman–Crippen MR) is 126 cm³/mol. The molecule has 0 radical (unpaired) electrons. The molecule has 2 heterocycles. The van der Waals surface area contributed by atoms with Crippen molar-refractivity contribution in [3.8, 4) is 22.7 Å². The largest absolute Gasteiger partial charge is 0.435 e. The molecule has 0 spiro atoms. The maximum atomic E-state index is 13.8. The summed E-state index contributed by atoms with van der Waals surface area (Å²) in [5.74, 6) is 0.535. The lowest BCUT2D eigenvalue weighted by Crippen LogP contribution is -2.22. The van der Waals surface area contributed by atoms with Gasteiger partial charge in [0.25, 0.3) is 5.56 Å². The lowest BCUT2D eigenvalue weighted by atomic mass is 10.1. The lowest BCUT2D eigenvalue weighted by molar-refractivity contribution is -0.0498. The third-order valence-corrected chi connectivity index (χ3v) is 6.25. The van der Waals surface area contributed by atoms with E-state index in [2.05, 4.69) is 15.8 Å². The zero-order valence-corrected chi connectivity index (χ0v) is 18.3. The van der Waals surface area contributed by atoms with Crippen molar-refractivity contribution in [1.29, 1.82) is 0 Å². The summed E-state index contributed by atoms with van der Waals surface area (Å²) in [6.07, 6.45) is 3.99. The number of fused-ring (bicyclic) bond motifs is 2. The number of halogens is 2. The van der Waals surface area contributed by atoms with Crippen molar-refractivity contribution in [1.82, 2.24) is 19.1 Å². The second-order valence-corrected chi connectivity index (χ2v) is 8.55. The third-order valence-electron chi connectivity index (χ3n) is 6.25. The smallest absolute Gasteiger partial charge is 0.387 e. The number of aromatic nitrogens is 4. The molecule has 6 nitrogen and oxygen atoms in total. The highest BCUT2D eigenvalue weighted by Gasteiger charge is 2.25. The summed E-state index contributed by atoms with van der Waals surface area (Å²) in [6, 6.07) is 17.7. The molecule has 1 aliphatic rings. The van der Waals surface area contributed by atoms with Gasteiger partial charge in [0.1, 0.15) is 11.4 Å². The zero-order chi connectivity index (χ0) is 23.4. The Kier molecular flexibility index (Phi) is 4.69. The van der Waals surface area contributed by atoms with E-state index in [1.807, 2.05) is 41.9 Å². The number of nitrogens with zero attached hydrogens (tertiary/aromatic N) is 4. The van der Waals surface area contributed by atoms with Gasteiger partial charge in [0.05, 0.1) is 28.4 Å². The van der Waals surface area contributed by atoms with Crippen LogP contribution in [0.15, 0.2) is 71.8 Å². The predicted octanol–water partition coefficient (Wildman–Crippen LogP) is 5.42. The average Bonchev–Trinajstić information content (AvgIpc) is 3.62. The number of rotatable bonds is 5. The fraction of sp³-hybridized carbons (Fsp3) is 0.192. The zero-order valence-electron chi connectivity index (χ0n) is 18.3. The number of aryl methyl sites for hydroxylation is 1. The van der Waals surface area contributed by atoms with Crippen molar-refractivity contribution >= 4 is 22.1 Å². The number of alkyl halides is 2. The van der Waals surface area contributed by atoms with Crippen LogP contribution in [0.4, 0.5) is 8.78 Å². The molecule has 8 heteroatoms. The Hall–Kier alpha value is -4.07. The molecule has 0 atom stereocenters. The first-order valence-electron chi connectivity index (χ1n) is 11.0. The molecule has 0 aliphatic heterocycles. The highest BCUT2D eigenvalue weighted by molar-refractivity contribution is 5.84. The minimum absolute atomic E-state index is 0.0331. The molecule has 1 aliphatic carbocycles. The number of ether oxygens (including phenoxy) is 1. The Bertz CT molecular complexity index is 1600. The van der Waals surface area contributed by atoms with Gasteiger partial charge in [-0.25, -0.2) is 9.97 Å². The molecule has 34 heavy (non-hydrogen) atoms. The molecule has 170 valence electrons. The molecule has 0 bridgehead atoms. The second-order valence-electron chi connectivity index (χ2n) is 8.55. The summed E-state index contributed by atoms with van der Waals surface area (Å²) >= 11 is 0.